The fourth-order valence-corrected chi connectivity index (χ4v) is 2.98. The van der Waals surface area contributed by atoms with Crippen molar-refractivity contribution in [2.45, 2.75) is 69.5 Å². The molecule has 0 aromatic heterocycles. The van der Waals surface area contributed by atoms with E-state index in [0.717, 1.165) is 0 Å². The number of nitrogens with one attached hydrogen (secondary N) is 3. The lowest BCUT2D eigenvalue weighted by atomic mass is 10.1. The molecule has 0 aliphatic heterocycles. The van der Waals surface area contributed by atoms with Gasteiger partial charge in [0, 0.05) is 6.42 Å². The largest absolute Gasteiger partial charge is 0.480 e. The van der Waals surface area contributed by atoms with E-state index >= 15 is 0 Å². The molecule has 0 aliphatic rings. The Bertz CT molecular complexity index is 676. The molecule has 0 saturated carbocycles. The molecule has 0 heterocycles. The van der Waals surface area contributed by atoms with Crippen molar-refractivity contribution in [1.82, 2.24) is 16.0 Å². The van der Waals surface area contributed by atoms with Gasteiger partial charge in [-0.3, -0.25) is 19.2 Å². The third-order valence-corrected chi connectivity index (χ3v) is 5.03. The zero-order valence-electron chi connectivity index (χ0n) is 18.2. The van der Waals surface area contributed by atoms with Crippen molar-refractivity contribution in [3.8, 4) is 0 Å². The highest BCUT2D eigenvalue weighted by atomic mass is 32.2. The van der Waals surface area contributed by atoms with Crippen molar-refractivity contribution >= 4 is 41.4 Å². The first-order chi connectivity index (χ1) is 14.8. The fourth-order valence-electron chi connectivity index (χ4n) is 2.50. The smallest absolute Gasteiger partial charge is 0.326 e. The lowest BCUT2D eigenvalue weighted by molar-refractivity contribution is -0.143. The third kappa shape index (κ3) is 10.7. The second-order valence-corrected chi connectivity index (χ2v) is 8.23. The van der Waals surface area contributed by atoms with E-state index in [9.17, 15) is 39.3 Å². The second-order valence-electron chi connectivity index (χ2n) is 7.25. The van der Waals surface area contributed by atoms with Crippen LogP contribution in [0.2, 0.25) is 0 Å². The number of carboxylic acids is 1. The number of hydrogen-bond acceptors (Lipinski definition) is 9. The first-order valence-electron chi connectivity index (χ1n) is 9.84. The number of rotatable bonds is 15. The molecule has 10 N–H and O–H groups in total. The van der Waals surface area contributed by atoms with Crippen LogP contribution in [0.25, 0.3) is 0 Å². The Kier molecular flexibility index (Phi) is 13.5. The van der Waals surface area contributed by atoms with Crippen LogP contribution in [0.1, 0.15) is 33.1 Å². The monoisotopic (exact) mass is 479 g/mol. The number of nitrogens with two attached hydrogens (primary N) is 2. The molecule has 0 bridgehead atoms. The van der Waals surface area contributed by atoms with E-state index < -0.39 is 66.0 Å². The van der Waals surface area contributed by atoms with Gasteiger partial charge in [0.1, 0.15) is 18.1 Å². The zero-order valence-corrected chi connectivity index (χ0v) is 19.1. The Morgan fingerprint density at radius 1 is 0.875 bits per heavy atom. The SMILES string of the molecule is CSCCC(N)C(=O)NC(C(=O)NC(C(=O)NC(CCC(N)=O)C(=O)O)C(C)O)C(C)O. The summed E-state index contributed by atoms with van der Waals surface area (Å²) in [7, 11) is 0. The Balaban J connectivity index is 5.30. The highest BCUT2D eigenvalue weighted by Gasteiger charge is 2.34. The highest BCUT2D eigenvalue weighted by Crippen LogP contribution is 2.04. The molecule has 0 aliphatic carbocycles. The lowest BCUT2D eigenvalue weighted by Gasteiger charge is -2.27. The summed E-state index contributed by atoms with van der Waals surface area (Å²) in [5, 5.41) is 35.6. The molecule has 6 unspecified atom stereocenters. The molecule has 184 valence electrons. The summed E-state index contributed by atoms with van der Waals surface area (Å²) >= 11 is 1.48. The van der Waals surface area contributed by atoms with Crippen LogP contribution in [0.5, 0.6) is 0 Å². The number of primary amides is 1. The van der Waals surface area contributed by atoms with Gasteiger partial charge in [-0.15, -0.1) is 0 Å². The molecule has 13 nitrogen and oxygen atoms in total. The van der Waals surface area contributed by atoms with Gasteiger partial charge in [0.25, 0.3) is 0 Å². The molecule has 14 heteroatoms. The van der Waals surface area contributed by atoms with Gasteiger partial charge < -0.3 is 42.7 Å². The van der Waals surface area contributed by atoms with Gasteiger partial charge in [-0.05, 0) is 38.7 Å². The van der Waals surface area contributed by atoms with Gasteiger partial charge in [0.2, 0.25) is 23.6 Å². The van der Waals surface area contributed by atoms with Crippen LogP contribution < -0.4 is 27.4 Å². The molecule has 0 aromatic carbocycles. The first-order valence-corrected chi connectivity index (χ1v) is 11.2. The van der Waals surface area contributed by atoms with E-state index in [1.807, 2.05) is 6.26 Å². The van der Waals surface area contributed by atoms with Crippen molar-refractivity contribution in [3.05, 3.63) is 0 Å². The summed E-state index contributed by atoms with van der Waals surface area (Å²) in [5.41, 5.74) is 10.7. The van der Waals surface area contributed by atoms with Crippen LogP contribution in [0.4, 0.5) is 0 Å². The Morgan fingerprint density at radius 3 is 1.75 bits per heavy atom. The lowest BCUT2D eigenvalue weighted by Crippen LogP contribution is -2.61. The average Bonchev–Trinajstić information content (AvgIpc) is 2.69. The molecule has 0 rings (SSSR count). The highest BCUT2D eigenvalue weighted by molar-refractivity contribution is 7.98. The van der Waals surface area contributed by atoms with Gasteiger partial charge in [0.15, 0.2) is 0 Å². The minimum absolute atomic E-state index is 0.294. The fraction of sp³-hybridized carbons (Fsp3) is 0.722. The maximum absolute atomic E-state index is 12.6. The Morgan fingerprint density at radius 2 is 1.34 bits per heavy atom. The summed E-state index contributed by atoms with van der Waals surface area (Å²) in [6.07, 6.45) is -1.26. The third-order valence-electron chi connectivity index (χ3n) is 4.39. The number of carbonyl (C=O) groups excluding carboxylic acids is 4. The van der Waals surface area contributed by atoms with E-state index in [2.05, 4.69) is 16.0 Å². The summed E-state index contributed by atoms with van der Waals surface area (Å²) in [5.74, 6) is -4.32. The van der Waals surface area contributed by atoms with Gasteiger partial charge in [0.05, 0.1) is 18.2 Å². The molecular formula is C18H33N5O8S. The normalized spacial score (nSPS) is 16.6. The Hall–Kier alpha value is -2.42. The molecule has 6 atom stereocenters. The van der Waals surface area contributed by atoms with Crippen LogP contribution in [0, 0.1) is 0 Å². The second kappa shape index (κ2) is 14.6. The molecule has 0 spiro atoms. The van der Waals surface area contributed by atoms with Crippen LogP contribution >= 0.6 is 11.8 Å². The van der Waals surface area contributed by atoms with E-state index in [1.165, 1.54) is 25.6 Å². The molecule has 0 fully saturated rings. The number of aliphatic hydroxyl groups is 2. The molecule has 0 saturated heterocycles. The first kappa shape index (κ1) is 29.6. The van der Waals surface area contributed by atoms with Gasteiger partial charge >= 0.3 is 5.97 Å². The topological polar surface area (TPSA) is 234 Å². The van der Waals surface area contributed by atoms with Crippen molar-refractivity contribution in [1.29, 1.82) is 0 Å². The van der Waals surface area contributed by atoms with Crippen LogP contribution in [0.3, 0.4) is 0 Å². The van der Waals surface area contributed by atoms with Crippen LogP contribution in [0.15, 0.2) is 0 Å². The number of amides is 4. The van der Waals surface area contributed by atoms with Crippen molar-refractivity contribution < 1.29 is 39.3 Å². The number of hydrogen-bond donors (Lipinski definition) is 8. The maximum atomic E-state index is 12.6. The molecular weight excluding hydrogens is 446 g/mol. The molecule has 4 amide bonds. The quantitative estimate of drug-likeness (QED) is 0.116. The minimum Gasteiger partial charge on any atom is -0.480 e. The van der Waals surface area contributed by atoms with Crippen LogP contribution in [-0.2, 0) is 24.0 Å². The number of carboxylic acid groups (broad SMARTS) is 1. The van der Waals surface area contributed by atoms with E-state index in [4.69, 9.17) is 11.5 Å². The van der Waals surface area contributed by atoms with E-state index in [-0.39, 0.29) is 12.8 Å². The molecule has 0 aromatic rings. The predicted octanol–water partition coefficient (Wildman–Crippen LogP) is -3.37. The summed E-state index contributed by atoms with van der Waals surface area (Å²) in [6.45, 7) is 2.41. The number of thioether (sulfide) groups is 1. The van der Waals surface area contributed by atoms with Crippen molar-refractivity contribution in [2.75, 3.05) is 12.0 Å². The predicted molar refractivity (Wildman–Crippen MR) is 116 cm³/mol. The summed E-state index contributed by atoms with van der Waals surface area (Å²) in [6, 6.07) is -5.51. The minimum atomic E-state index is -1.61. The average molecular weight is 480 g/mol. The Labute approximate surface area is 190 Å². The van der Waals surface area contributed by atoms with Crippen molar-refractivity contribution in [3.63, 3.8) is 0 Å². The number of aliphatic carboxylic acids is 1. The molecule has 32 heavy (non-hydrogen) atoms. The van der Waals surface area contributed by atoms with Crippen LogP contribution in [-0.4, -0.2) is 93.3 Å². The van der Waals surface area contributed by atoms with Gasteiger partial charge in [-0.25, -0.2) is 4.79 Å². The summed E-state index contributed by atoms with van der Waals surface area (Å²) < 4.78 is 0. The zero-order chi connectivity index (χ0) is 25.0. The summed E-state index contributed by atoms with van der Waals surface area (Å²) in [4.78, 5) is 59.5. The van der Waals surface area contributed by atoms with E-state index in [1.54, 1.807) is 0 Å². The maximum Gasteiger partial charge on any atom is 0.326 e. The van der Waals surface area contributed by atoms with Gasteiger partial charge in [-0.2, -0.15) is 11.8 Å². The van der Waals surface area contributed by atoms with Crippen molar-refractivity contribution in [2.24, 2.45) is 11.5 Å². The molecule has 0 radical (unpaired) electrons. The number of carbonyl (C=O) groups is 5. The van der Waals surface area contributed by atoms with E-state index in [0.29, 0.717) is 12.2 Å². The standard InChI is InChI=1S/C18H33N5O8S/c1-8(24)13(16(28)21-11(18(30)31)4-5-12(20)26)23-17(29)14(9(2)25)22-15(27)10(19)6-7-32-3/h8-11,13-14,24-25H,4-7,19H2,1-3H3,(H2,20,26)(H,21,28)(H,22,27)(H,23,29)(H,30,31). The number of aliphatic hydroxyl groups excluding tert-OH is 2. The van der Waals surface area contributed by atoms with Gasteiger partial charge in [-0.1, -0.05) is 0 Å².